The molecule has 0 radical (unpaired) electrons. The highest BCUT2D eigenvalue weighted by molar-refractivity contribution is 6.18. The van der Waals surface area contributed by atoms with Gasteiger partial charge in [0.05, 0.1) is 11.0 Å². The number of furan rings is 1. The second-order valence-electron chi connectivity index (χ2n) is 17.3. The molecule has 0 atom stereocenters. The number of fused-ring (bicyclic) bond motifs is 8. The van der Waals surface area contributed by atoms with Crippen LogP contribution in [0.2, 0.25) is 0 Å². The summed E-state index contributed by atoms with van der Waals surface area (Å²) in [5.74, 6) is 0. The van der Waals surface area contributed by atoms with Gasteiger partial charge >= 0.3 is 0 Å². The largest absolute Gasteiger partial charge is 0.455 e. The van der Waals surface area contributed by atoms with Gasteiger partial charge in [-0.2, -0.15) is 0 Å². The van der Waals surface area contributed by atoms with Gasteiger partial charge in [-0.15, -0.1) is 0 Å². The van der Waals surface area contributed by atoms with E-state index in [-0.39, 0.29) is 0 Å². The lowest BCUT2D eigenvalue weighted by Crippen LogP contribution is -2.09. The minimum absolute atomic E-state index is 0.888. The van der Waals surface area contributed by atoms with Gasteiger partial charge in [-0.1, -0.05) is 188 Å². The molecule has 0 aliphatic carbocycles. The molecule has 0 unspecified atom stereocenters. The van der Waals surface area contributed by atoms with Gasteiger partial charge in [0.15, 0.2) is 0 Å². The van der Waals surface area contributed by atoms with Gasteiger partial charge in [-0.05, 0) is 111 Å². The molecular weight excluding hydrogens is 813 g/mol. The molecule has 0 saturated heterocycles. The molecule has 0 aliphatic heterocycles. The molecule has 0 spiro atoms. The maximum Gasteiger partial charge on any atom is 0.143 e. The lowest BCUT2D eigenvalue weighted by atomic mass is 10.00. The fourth-order valence-corrected chi connectivity index (χ4v) is 10.1. The van der Waals surface area contributed by atoms with Crippen LogP contribution >= 0.6 is 0 Å². The molecule has 0 amide bonds. The molecule has 0 saturated carbocycles. The van der Waals surface area contributed by atoms with Gasteiger partial charge in [0.25, 0.3) is 0 Å². The Kier molecular flexibility index (Phi) is 9.17. The maximum absolute atomic E-state index is 6.51. The monoisotopic (exact) mass is 854 g/mol. The van der Waals surface area contributed by atoms with Crippen LogP contribution in [-0.2, 0) is 0 Å². The number of hydrogen-bond donors (Lipinski definition) is 0. The highest BCUT2D eigenvalue weighted by Crippen LogP contribution is 2.42. The van der Waals surface area contributed by atoms with Gasteiger partial charge in [0, 0.05) is 55.2 Å². The number of nitrogens with zero attached hydrogens (tertiary/aromatic N) is 2. The summed E-state index contributed by atoms with van der Waals surface area (Å²) in [7, 11) is 0. The van der Waals surface area contributed by atoms with Crippen LogP contribution < -0.4 is 4.90 Å². The number of rotatable bonds is 8. The van der Waals surface area contributed by atoms with Gasteiger partial charge in [-0.25, -0.2) is 0 Å². The maximum atomic E-state index is 6.51. The van der Waals surface area contributed by atoms with Crippen LogP contribution in [0, 0.1) is 0 Å². The van der Waals surface area contributed by atoms with Crippen LogP contribution in [0.25, 0.3) is 105 Å². The molecule has 0 bridgehead atoms. The molecule has 13 aromatic rings. The fraction of sp³-hybridized carbons (Fsp3) is 0. The molecule has 314 valence electrons. The minimum atomic E-state index is 0.888. The minimum Gasteiger partial charge on any atom is -0.455 e. The second-order valence-corrected chi connectivity index (χ2v) is 17.3. The first-order valence-electron chi connectivity index (χ1n) is 22.9. The van der Waals surface area contributed by atoms with Crippen molar-refractivity contribution in [2.24, 2.45) is 0 Å². The number of hydrogen-bond acceptors (Lipinski definition) is 2. The average molecular weight is 855 g/mol. The van der Waals surface area contributed by atoms with E-state index in [1.54, 1.807) is 0 Å². The first kappa shape index (κ1) is 38.5. The summed E-state index contributed by atoms with van der Waals surface area (Å²) >= 11 is 0. The van der Waals surface area contributed by atoms with Crippen LogP contribution in [0.3, 0.4) is 0 Å². The number of aromatic nitrogens is 1. The van der Waals surface area contributed by atoms with E-state index >= 15 is 0 Å². The first-order chi connectivity index (χ1) is 33.2. The van der Waals surface area contributed by atoms with Crippen molar-refractivity contribution in [1.82, 2.24) is 4.57 Å². The molecule has 67 heavy (non-hydrogen) atoms. The Morgan fingerprint density at radius 3 is 1.54 bits per heavy atom. The van der Waals surface area contributed by atoms with E-state index in [9.17, 15) is 0 Å². The van der Waals surface area contributed by atoms with Crippen molar-refractivity contribution in [2.75, 3.05) is 4.90 Å². The molecule has 2 aromatic heterocycles. The fourth-order valence-electron chi connectivity index (χ4n) is 10.1. The number of anilines is 3. The van der Waals surface area contributed by atoms with E-state index in [1.807, 2.05) is 6.07 Å². The van der Waals surface area contributed by atoms with E-state index in [1.165, 1.54) is 43.7 Å². The zero-order valence-electron chi connectivity index (χ0n) is 36.6. The van der Waals surface area contributed by atoms with E-state index < -0.39 is 0 Å². The Hall–Kier alpha value is -8.92. The van der Waals surface area contributed by atoms with Crippen molar-refractivity contribution in [3.05, 3.63) is 255 Å². The Morgan fingerprint density at radius 1 is 0.313 bits per heavy atom. The lowest BCUT2D eigenvalue weighted by molar-refractivity contribution is 0.670. The smallest absolute Gasteiger partial charge is 0.143 e. The van der Waals surface area contributed by atoms with Crippen molar-refractivity contribution >= 4 is 71.6 Å². The molecule has 13 rings (SSSR count). The summed E-state index contributed by atoms with van der Waals surface area (Å²) in [5.41, 5.74) is 17.9. The number of benzene rings is 11. The van der Waals surface area contributed by atoms with Crippen molar-refractivity contribution in [2.45, 2.75) is 0 Å². The highest BCUT2D eigenvalue weighted by Gasteiger charge is 2.18. The van der Waals surface area contributed by atoms with Crippen molar-refractivity contribution in [1.29, 1.82) is 0 Å². The quantitative estimate of drug-likeness (QED) is 0.152. The van der Waals surface area contributed by atoms with Crippen LogP contribution in [-0.4, -0.2) is 4.57 Å². The number of para-hydroxylation sites is 2. The zero-order valence-corrected chi connectivity index (χ0v) is 36.6. The summed E-state index contributed by atoms with van der Waals surface area (Å²) in [6, 6.07) is 91.8. The molecule has 0 N–H and O–H groups in total. The Morgan fingerprint density at radius 2 is 0.836 bits per heavy atom. The van der Waals surface area contributed by atoms with E-state index in [0.29, 0.717) is 0 Å². The van der Waals surface area contributed by atoms with E-state index in [4.69, 9.17) is 4.42 Å². The Bertz CT molecular complexity index is 3940. The molecule has 2 heterocycles. The Balaban J connectivity index is 0.869. The normalized spacial score (nSPS) is 11.6. The van der Waals surface area contributed by atoms with Gasteiger partial charge in [-0.3, -0.25) is 0 Å². The third kappa shape index (κ3) is 6.67. The molecule has 3 heteroatoms. The molecule has 3 nitrogen and oxygen atoms in total. The van der Waals surface area contributed by atoms with E-state index in [0.717, 1.165) is 78.1 Å². The summed E-state index contributed by atoms with van der Waals surface area (Å²) in [4.78, 5) is 2.35. The molecular formula is C64H42N2O. The predicted octanol–water partition coefficient (Wildman–Crippen LogP) is 18.0. The van der Waals surface area contributed by atoms with Crippen molar-refractivity contribution < 1.29 is 4.42 Å². The van der Waals surface area contributed by atoms with Crippen LogP contribution in [0.1, 0.15) is 0 Å². The summed E-state index contributed by atoms with van der Waals surface area (Å²) < 4.78 is 8.95. The van der Waals surface area contributed by atoms with Gasteiger partial charge in [0.2, 0.25) is 0 Å². The van der Waals surface area contributed by atoms with Crippen LogP contribution in [0.5, 0.6) is 0 Å². The summed E-state index contributed by atoms with van der Waals surface area (Å²) in [6.07, 6.45) is 0. The molecule has 0 aliphatic rings. The van der Waals surface area contributed by atoms with Gasteiger partial charge in [0.1, 0.15) is 11.2 Å². The standard InChI is InChI=1S/C64H42N2O/c1-3-13-43(14-4-1)44-25-33-51(34-26-44)65(53-37-29-46(30-38-53)50-32-40-62-60(42-50)59-23-12-22-56(64(59)67-62)47-15-5-2-6-16-47)52-35-27-45(28-36-52)49-18-11-19-54(41-49)66-61-24-10-9-21-57(61)58-39-31-48-17-7-8-20-55(48)63(58)66/h1-42H. The third-order valence-electron chi connectivity index (χ3n) is 13.4. The van der Waals surface area contributed by atoms with E-state index in [2.05, 4.69) is 258 Å². The second kappa shape index (κ2) is 16.0. The van der Waals surface area contributed by atoms with Crippen LogP contribution in [0.4, 0.5) is 17.1 Å². The first-order valence-corrected chi connectivity index (χ1v) is 22.9. The third-order valence-corrected chi connectivity index (χ3v) is 13.4. The van der Waals surface area contributed by atoms with Crippen molar-refractivity contribution in [3.63, 3.8) is 0 Å². The predicted molar refractivity (Wildman–Crippen MR) is 282 cm³/mol. The van der Waals surface area contributed by atoms with Crippen molar-refractivity contribution in [3.8, 4) is 50.2 Å². The summed E-state index contributed by atoms with van der Waals surface area (Å²) in [5, 5.41) is 7.25. The SMILES string of the molecule is c1ccc(-c2ccc(N(c3ccc(-c4cccc(-n5c6ccccc6c6ccc7ccccc7c65)c4)cc3)c3ccc(-c4ccc5oc6c(-c7ccccc7)cccc6c5c4)cc3)cc2)cc1. The summed E-state index contributed by atoms with van der Waals surface area (Å²) in [6.45, 7) is 0. The highest BCUT2D eigenvalue weighted by atomic mass is 16.3. The zero-order chi connectivity index (χ0) is 44.3. The van der Waals surface area contributed by atoms with Crippen LogP contribution in [0.15, 0.2) is 259 Å². The Labute approximate surface area is 388 Å². The lowest BCUT2D eigenvalue weighted by Gasteiger charge is -2.26. The molecule has 11 aromatic carbocycles. The molecule has 0 fully saturated rings. The topological polar surface area (TPSA) is 21.3 Å². The average Bonchev–Trinajstić information content (AvgIpc) is 3.96. The van der Waals surface area contributed by atoms with Gasteiger partial charge < -0.3 is 13.9 Å².